The van der Waals surface area contributed by atoms with Crippen molar-refractivity contribution >= 4 is 23.7 Å². The van der Waals surface area contributed by atoms with Crippen molar-refractivity contribution < 1.29 is 23.9 Å². The van der Waals surface area contributed by atoms with Gasteiger partial charge in [-0.1, -0.05) is 6.92 Å². The van der Waals surface area contributed by atoms with Gasteiger partial charge in [-0.3, -0.25) is 19.3 Å². The van der Waals surface area contributed by atoms with Gasteiger partial charge < -0.3 is 14.6 Å². The lowest BCUT2D eigenvalue weighted by atomic mass is 9.99. The molecular formula is C18H25N3O5. The van der Waals surface area contributed by atoms with Crippen LogP contribution in [0.4, 0.5) is 4.79 Å². The summed E-state index contributed by atoms with van der Waals surface area (Å²) >= 11 is 0. The molecule has 1 aliphatic rings. The number of nitrogens with zero attached hydrogens (tertiary/aromatic N) is 2. The van der Waals surface area contributed by atoms with Crippen LogP contribution in [-0.4, -0.2) is 51.8 Å². The number of rotatable bonds is 7. The number of aryl methyl sites for hydroxylation is 1. The molecule has 0 saturated carbocycles. The molecule has 8 nitrogen and oxygen atoms in total. The fourth-order valence-corrected chi connectivity index (χ4v) is 3.10. The summed E-state index contributed by atoms with van der Waals surface area (Å²) in [7, 11) is 0. The van der Waals surface area contributed by atoms with Crippen molar-refractivity contribution in [1.29, 1.82) is 0 Å². The normalized spacial score (nSPS) is 19.7. The largest absolute Gasteiger partial charge is 0.456 e. The zero-order valence-corrected chi connectivity index (χ0v) is 15.8. The number of esters is 1. The first kappa shape index (κ1) is 19.7. The molecule has 8 heteroatoms. The summed E-state index contributed by atoms with van der Waals surface area (Å²) in [5.41, 5.74) is 1.27. The van der Waals surface area contributed by atoms with Crippen LogP contribution in [0.15, 0.2) is 6.07 Å². The predicted octanol–water partition coefficient (Wildman–Crippen LogP) is 1.57. The van der Waals surface area contributed by atoms with Crippen LogP contribution in [0, 0.1) is 13.8 Å². The van der Waals surface area contributed by atoms with Crippen molar-refractivity contribution in [2.45, 2.75) is 53.1 Å². The van der Waals surface area contributed by atoms with Gasteiger partial charge >= 0.3 is 12.0 Å². The first-order valence-corrected chi connectivity index (χ1v) is 8.64. The van der Waals surface area contributed by atoms with Gasteiger partial charge in [-0.05, 0) is 40.2 Å². The summed E-state index contributed by atoms with van der Waals surface area (Å²) in [4.78, 5) is 49.3. The van der Waals surface area contributed by atoms with Crippen molar-refractivity contribution in [3.8, 4) is 0 Å². The van der Waals surface area contributed by atoms with Crippen LogP contribution in [0.2, 0.25) is 0 Å². The van der Waals surface area contributed by atoms with E-state index in [1.54, 1.807) is 19.9 Å². The van der Waals surface area contributed by atoms with Gasteiger partial charge in [-0.15, -0.1) is 0 Å². The molecule has 3 amide bonds. The number of imide groups is 1. The molecule has 0 radical (unpaired) electrons. The number of ketones is 1. The number of hydrogen-bond donors (Lipinski definition) is 1. The van der Waals surface area contributed by atoms with E-state index in [0.717, 1.165) is 22.8 Å². The summed E-state index contributed by atoms with van der Waals surface area (Å²) in [6.07, 6.45) is 0.411. The van der Waals surface area contributed by atoms with Crippen LogP contribution in [0.1, 0.15) is 48.9 Å². The minimum atomic E-state index is -1.01. The highest BCUT2D eigenvalue weighted by atomic mass is 16.5. The van der Waals surface area contributed by atoms with E-state index in [4.69, 9.17) is 4.74 Å². The van der Waals surface area contributed by atoms with Crippen molar-refractivity contribution in [2.24, 2.45) is 0 Å². The molecule has 0 spiro atoms. The van der Waals surface area contributed by atoms with Crippen molar-refractivity contribution in [3.63, 3.8) is 0 Å². The number of nitrogens with one attached hydrogen (secondary N) is 1. The predicted molar refractivity (Wildman–Crippen MR) is 93.8 cm³/mol. The summed E-state index contributed by atoms with van der Waals surface area (Å²) < 4.78 is 6.98. The summed E-state index contributed by atoms with van der Waals surface area (Å²) in [6, 6.07) is 1.13. The van der Waals surface area contributed by atoms with Crippen LogP contribution >= 0.6 is 0 Å². The van der Waals surface area contributed by atoms with E-state index >= 15 is 0 Å². The van der Waals surface area contributed by atoms with E-state index in [2.05, 4.69) is 5.32 Å². The molecule has 1 N–H and O–H groups in total. The average molecular weight is 363 g/mol. The second-order valence-electron chi connectivity index (χ2n) is 6.62. The topological polar surface area (TPSA) is 97.7 Å². The third-order valence-electron chi connectivity index (χ3n) is 4.89. The van der Waals surface area contributed by atoms with Gasteiger partial charge in [0.05, 0.1) is 0 Å². The van der Waals surface area contributed by atoms with Gasteiger partial charge in [0.15, 0.2) is 6.61 Å². The molecule has 1 aromatic heterocycles. The van der Waals surface area contributed by atoms with E-state index in [1.807, 2.05) is 25.3 Å². The Morgan fingerprint density at radius 1 is 1.23 bits per heavy atom. The van der Waals surface area contributed by atoms with E-state index in [9.17, 15) is 19.2 Å². The minimum absolute atomic E-state index is 0.318. The zero-order chi connectivity index (χ0) is 19.6. The number of urea groups is 1. The third kappa shape index (κ3) is 3.49. The Bertz CT molecular complexity index is 767. The van der Waals surface area contributed by atoms with Crippen LogP contribution in [0.25, 0.3) is 0 Å². The fraction of sp³-hybridized carbons (Fsp3) is 0.556. The Morgan fingerprint density at radius 3 is 2.38 bits per heavy atom. The fourth-order valence-electron chi connectivity index (χ4n) is 3.10. The number of hydrogen-bond acceptors (Lipinski definition) is 5. The summed E-state index contributed by atoms with van der Waals surface area (Å²) in [5, 5.41) is 2.56. The molecule has 0 aliphatic carbocycles. The molecule has 1 aromatic rings. The Kier molecular flexibility index (Phi) is 5.53. The monoisotopic (exact) mass is 363 g/mol. The molecule has 0 unspecified atom stereocenters. The second-order valence-corrected chi connectivity index (χ2v) is 6.62. The maximum Gasteiger partial charge on any atom is 0.326 e. The van der Waals surface area contributed by atoms with Crippen LogP contribution in [-0.2, 0) is 20.9 Å². The number of Topliss-reactive ketones (excluding diaryl/α,β-unsaturated/α-hetero) is 1. The lowest BCUT2D eigenvalue weighted by Crippen LogP contribution is -2.43. The van der Waals surface area contributed by atoms with Crippen LogP contribution < -0.4 is 5.32 Å². The van der Waals surface area contributed by atoms with Gasteiger partial charge in [0.2, 0.25) is 5.78 Å². The Labute approximate surface area is 152 Å². The van der Waals surface area contributed by atoms with Crippen molar-refractivity contribution in [2.75, 3.05) is 13.2 Å². The number of carbonyl (C=O) groups excluding carboxylic acids is 4. The second kappa shape index (κ2) is 7.31. The number of carbonyl (C=O) groups is 4. The standard InChI is InChI=1S/C18H25N3O5/c1-6-18(5)16(24)21(17(25)19-18)9-15(23)26-10-14(22)13-8-11(3)20(7-2)12(13)4/h8H,6-7,9-10H2,1-5H3,(H,19,25)/t18-/m1/s1. The smallest absolute Gasteiger partial charge is 0.326 e. The van der Waals surface area contributed by atoms with Crippen LogP contribution in [0.3, 0.4) is 0 Å². The molecule has 26 heavy (non-hydrogen) atoms. The van der Waals surface area contributed by atoms with Gasteiger partial charge in [0.25, 0.3) is 5.91 Å². The van der Waals surface area contributed by atoms with E-state index in [0.29, 0.717) is 12.0 Å². The first-order valence-electron chi connectivity index (χ1n) is 8.64. The average Bonchev–Trinajstić information content (AvgIpc) is 3.00. The SMILES string of the molecule is CCn1c(C)cc(C(=O)COC(=O)CN2C(=O)N[C@](C)(CC)C2=O)c1C. The molecule has 2 rings (SSSR count). The number of aromatic nitrogens is 1. The highest BCUT2D eigenvalue weighted by Crippen LogP contribution is 2.20. The van der Waals surface area contributed by atoms with E-state index in [1.165, 1.54) is 0 Å². The quantitative estimate of drug-likeness (QED) is 0.450. The molecule has 0 bridgehead atoms. The highest BCUT2D eigenvalue weighted by Gasteiger charge is 2.47. The molecule has 1 saturated heterocycles. The Morgan fingerprint density at radius 2 is 1.88 bits per heavy atom. The molecule has 1 aliphatic heterocycles. The zero-order valence-electron chi connectivity index (χ0n) is 15.8. The first-order chi connectivity index (χ1) is 12.1. The van der Waals surface area contributed by atoms with E-state index in [-0.39, 0.29) is 5.78 Å². The maximum absolute atomic E-state index is 12.3. The van der Waals surface area contributed by atoms with Crippen molar-refractivity contribution in [1.82, 2.24) is 14.8 Å². The number of ether oxygens (including phenoxy) is 1. The lowest BCUT2D eigenvalue weighted by molar-refractivity contribution is -0.146. The van der Waals surface area contributed by atoms with Gasteiger partial charge in [0.1, 0.15) is 12.1 Å². The van der Waals surface area contributed by atoms with Gasteiger partial charge in [-0.25, -0.2) is 4.79 Å². The molecular weight excluding hydrogens is 338 g/mol. The molecule has 1 fully saturated rings. The van der Waals surface area contributed by atoms with Gasteiger partial charge in [0, 0.05) is 23.5 Å². The third-order valence-corrected chi connectivity index (χ3v) is 4.89. The maximum atomic E-state index is 12.3. The highest BCUT2D eigenvalue weighted by molar-refractivity contribution is 6.08. The Hall–Kier alpha value is -2.64. The van der Waals surface area contributed by atoms with Crippen molar-refractivity contribution in [3.05, 3.63) is 23.0 Å². The van der Waals surface area contributed by atoms with Gasteiger partial charge in [-0.2, -0.15) is 0 Å². The lowest BCUT2D eigenvalue weighted by Gasteiger charge is -2.18. The summed E-state index contributed by atoms with van der Waals surface area (Å²) in [5.74, 6) is -1.59. The number of amides is 3. The summed E-state index contributed by atoms with van der Waals surface area (Å²) in [6.45, 7) is 8.90. The molecule has 1 atom stereocenters. The van der Waals surface area contributed by atoms with Crippen LogP contribution in [0.5, 0.6) is 0 Å². The molecule has 0 aromatic carbocycles. The Balaban J connectivity index is 1.96. The minimum Gasteiger partial charge on any atom is -0.456 e. The molecule has 2 heterocycles. The molecule has 142 valence electrons. The van der Waals surface area contributed by atoms with E-state index < -0.39 is 36.6 Å².